The molecule has 25 heavy (non-hydrogen) atoms. The van der Waals surface area contributed by atoms with E-state index < -0.39 is 11.7 Å². The first-order valence-corrected chi connectivity index (χ1v) is 7.74. The highest BCUT2D eigenvalue weighted by Gasteiger charge is 2.26. The summed E-state index contributed by atoms with van der Waals surface area (Å²) in [5.74, 6) is -0.943. The average molecular weight is 336 g/mol. The fourth-order valence-electron chi connectivity index (χ4n) is 3.21. The van der Waals surface area contributed by atoms with Gasteiger partial charge in [0.25, 0.3) is 5.91 Å². The molecule has 0 unspecified atom stereocenters. The van der Waals surface area contributed by atoms with Gasteiger partial charge in [-0.3, -0.25) is 10.0 Å². The van der Waals surface area contributed by atoms with Crippen LogP contribution in [-0.2, 0) is 13.0 Å². The van der Waals surface area contributed by atoms with Gasteiger partial charge < -0.3 is 4.57 Å². The number of benzene rings is 1. The van der Waals surface area contributed by atoms with Crippen molar-refractivity contribution >= 4 is 16.8 Å². The van der Waals surface area contributed by atoms with Crippen molar-refractivity contribution in [3.8, 4) is 6.07 Å². The minimum absolute atomic E-state index is 0.231. The number of carbonyl (C=O) groups is 1. The Hall–Kier alpha value is -3.24. The van der Waals surface area contributed by atoms with Gasteiger partial charge in [-0.25, -0.2) is 14.4 Å². The van der Waals surface area contributed by atoms with Crippen molar-refractivity contribution in [3.63, 3.8) is 0 Å². The molecule has 4 rings (SSSR count). The van der Waals surface area contributed by atoms with Crippen molar-refractivity contribution in [3.05, 3.63) is 64.9 Å². The highest BCUT2D eigenvalue weighted by atomic mass is 19.1. The molecule has 0 bridgehead atoms. The van der Waals surface area contributed by atoms with Crippen molar-refractivity contribution in [1.29, 1.82) is 5.26 Å². The van der Waals surface area contributed by atoms with Gasteiger partial charge >= 0.3 is 0 Å². The standard InChI is InChI=1S/C18H13FN4O2/c19-13-2-1-11(12(7-13)8-20)10-22-5-3-14-15-4-6-23(25)18(24)17(15)21-9-16(14)22/h1-3,5,7,9,25H,4,6,10H2. The Kier molecular flexibility index (Phi) is 3.48. The van der Waals surface area contributed by atoms with Crippen LogP contribution in [0.1, 0.15) is 27.2 Å². The molecule has 1 aromatic carbocycles. The zero-order valence-corrected chi connectivity index (χ0v) is 13.1. The number of pyridine rings is 1. The SMILES string of the molecule is N#Cc1cc(F)ccc1Cn1ccc2c3c(ncc21)C(=O)N(O)CC3. The van der Waals surface area contributed by atoms with Crippen LogP contribution in [0.25, 0.3) is 10.9 Å². The van der Waals surface area contributed by atoms with Crippen LogP contribution in [0.15, 0.2) is 36.7 Å². The summed E-state index contributed by atoms with van der Waals surface area (Å²) in [6.07, 6.45) is 3.96. The molecule has 3 heterocycles. The molecule has 3 aromatic rings. The molecule has 0 saturated heterocycles. The van der Waals surface area contributed by atoms with E-state index in [1.54, 1.807) is 12.3 Å². The molecule has 124 valence electrons. The minimum atomic E-state index is -0.499. The van der Waals surface area contributed by atoms with E-state index in [-0.39, 0.29) is 12.2 Å². The molecule has 1 N–H and O–H groups in total. The minimum Gasteiger partial charge on any atom is -0.342 e. The Bertz CT molecular complexity index is 1050. The summed E-state index contributed by atoms with van der Waals surface area (Å²) >= 11 is 0. The predicted octanol–water partition coefficient (Wildman–Crippen LogP) is 2.48. The molecule has 2 aromatic heterocycles. The van der Waals surface area contributed by atoms with E-state index in [0.717, 1.165) is 16.5 Å². The highest BCUT2D eigenvalue weighted by Crippen LogP contribution is 2.27. The summed E-state index contributed by atoms with van der Waals surface area (Å²) in [6.45, 7) is 0.627. The van der Waals surface area contributed by atoms with Crippen LogP contribution in [0.2, 0.25) is 0 Å². The van der Waals surface area contributed by atoms with Crippen LogP contribution in [0.3, 0.4) is 0 Å². The summed E-state index contributed by atoms with van der Waals surface area (Å²) < 4.78 is 15.2. The quantitative estimate of drug-likeness (QED) is 0.729. The maximum atomic E-state index is 13.3. The van der Waals surface area contributed by atoms with Crippen LogP contribution in [0.5, 0.6) is 0 Å². The molecule has 0 atom stereocenters. The van der Waals surface area contributed by atoms with Crippen LogP contribution in [0.4, 0.5) is 4.39 Å². The van der Waals surface area contributed by atoms with E-state index in [2.05, 4.69) is 4.98 Å². The fourth-order valence-corrected chi connectivity index (χ4v) is 3.21. The second-order valence-corrected chi connectivity index (χ2v) is 5.92. The first-order valence-electron chi connectivity index (χ1n) is 7.74. The molecule has 0 aliphatic carbocycles. The third-order valence-corrected chi connectivity index (χ3v) is 4.48. The predicted molar refractivity (Wildman–Crippen MR) is 86.5 cm³/mol. The maximum Gasteiger partial charge on any atom is 0.296 e. The normalized spacial score (nSPS) is 13.8. The van der Waals surface area contributed by atoms with E-state index in [0.29, 0.717) is 29.2 Å². The van der Waals surface area contributed by atoms with E-state index in [1.807, 2.05) is 22.9 Å². The lowest BCUT2D eigenvalue weighted by Crippen LogP contribution is -2.35. The van der Waals surface area contributed by atoms with Gasteiger partial charge in [0.1, 0.15) is 11.5 Å². The molecule has 1 aliphatic heterocycles. The Balaban J connectivity index is 1.78. The van der Waals surface area contributed by atoms with Crippen molar-refractivity contribution in [2.45, 2.75) is 13.0 Å². The van der Waals surface area contributed by atoms with Gasteiger partial charge in [-0.15, -0.1) is 0 Å². The molecule has 6 nitrogen and oxygen atoms in total. The second kappa shape index (κ2) is 5.69. The van der Waals surface area contributed by atoms with Crippen molar-refractivity contribution in [1.82, 2.24) is 14.6 Å². The number of hydrogen-bond donors (Lipinski definition) is 1. The summed E-state index contributed by atoms with van der Waals surface area (Å²) in [5.41, 5.74) is 2.89. The number of amides is 1. The van der Waals surface area contributed by atoms with Gasteiger partial charge in [0.2, 0.25) is 0 Å². The average Bonchev–Trinajstić information content (AvgIpc) is 3.02. The molecule has 1 aliphatic rings. The van der Waals surface area contributed by atoms with Crippen LogP contribution in [0, 0.1) is 17.1 Å². The largest absolute Gasteiger partial charge is 0.342 e. The zero-order chi connectivity index (χ0) is 17.6. The topological polar surface area (TPSA) is 82.2 Å². The number of fused-ring (bicyclic) bond motifs is 3. The molecule has 0 radical (unpaired) electrons. The molecular weight excluding hydrogens is 323 g/mol. The Morgan fingerprint density at radius 2 is 2.20 bits per heavy atom. The van der Waals surface area contributed by atoms with Gasteiger partial charge in [-0.1, -0.05) is 6.07 Å². The smallest absolute Gasteiger partial charge is 0.296 e. The fraction of sp³-hybridized carbons (Fsp3) is 0.167. The molecular formula is C18H13FN4O2. The number of nitriles is 1. The van der Waals surface area contributed by atoms with Crippen LogP contribution >= 0.6 is 0 Å². The van der Waals surface area contributed by atoms with Crippen LogP contribution < -0.4 is 0 Å². The van der Waals surface area contributed by atoms with Gasteiger partial charge in [-0.05, 0) is 35.7 Å². The number of hydrogen-bond acceptors (Lipinski definition) is 4. The number of hydroxylamine groups is 2. The van der Waals surface area contributed by atoms with E-state index in [1.165, 1.54) is 12.1 Å². The van der Waals surface area contributed by atoms with Gasteiger partial charge in [0, 0.05) is 18.1 Å². The third kappa shape index (κ3) is 2.44. The Morgan fingerprint density at radius 3 is 3.00 bits per heavy atom. The second-order valence-electron chi connectivity index (χ2n) is 5.92. The maximum absolute atomic E-state index is 13.3. The highest BCUT2D eigenvalue weighted by molar-refractivity contribution is 5.99. The number of aromatic nitrogens is 2. The summed E-state index contributed by atoms with van der Waals surface area (Å²) in [5, 5.41) is 20.3. The molecule has 0 spiro atoms. The summed E-state index contributed by atoms with van der Waals surface area (Å²) in [6, 6.07) is 8.05. The molecule has 1 amide bonds. The van der Waals surface area contributed by atoms with Crippen LogP contribution in [-0.4, -0.2) is 32.3 Å². The lowest BCUT2D eigenvalue weighted by molar-refractivity contribution is -0.0606. The molecule has 0 fully saturated rings. The van der Waals surface area contributed by atoms with E-state index >= 15 is 0 Å². The third-order valence-electron chi connectivity index (χ3n) is 4.48. The van der Waals surface area contributed by atoms with E-state index in [4.69, 9.17) is 0 Å². The van der Waals surface area contributed by atoms with Gasteiger partial charge in [0.15, 0.2) is 0 Å². The number of carbonyl (C=O) groups excluding carboxylic acids is 1. The zero-order valence-electron chi connectivity index (χ0n) is 13.1. The summed E-state index contributed by atoms with van der Waals surface area (Å²) in [7, 11) is 0. The first-order chi connectivity index (χ1) is 12.1. The Morgan fingerprint density at radius 1 is 1.36 bits per heavy atom. The van der Waals surface area contributed by atoms with Crippen molar-refractivity contribution in [2.24, 2.45) is 0 Å². The number of rotatable bonds is 2. The van der Waals surface area contributed by atoms with Gasteiger partial charge in [-0.2, -0.15) is 5.26 Å². The summed E-state index contributed by atoms with van der Waals surface area (Å²) in [4.78, 5) is 16.2. The first kappa shape index (κ1) is 15.3. The van der Waals surface area contributed by atoms with Crippen molar-refractivity contribution in [2.75, 3.05) is 6.54 Å². The number of nitrogens with zero attached hydrogens (tertiary/aromatic N) is 4. The molecule has 7 heteroatoms. The lowest BCUT2D eigenvalue weighted by Gasteiger charge is -2.22. The van der Waals surface area contributed by atoms with Crippen molar-refractivity contribution < 1.29 is 14.4 Å². The Labute approximate surface area is 142 Å². The van der Waals surface area contributed by atoms with Gasteiger partial charge in [0.05, 0.1) is 29.9 Å². The monoisotopic (exact) mass is 336 g/mol. The van der Waals surface area contributed by atoms with E-state index in [9.17, 15) is 19.7 Å². The lowest BCUT2D eigenvalue weighted by atomic mass is 10.0. The molecule has 0 saturated carbocycles. The number of halogens is 1.